The second kappa shape index (κ2) is 3.04. The summed E-state index contributed by atoms with van der Waals surface area (Å²) in [5.41, 5.74) is 0.283. The average Bonchev–Trinajstić information content (AvgIpc) is 2.68. The normalized spacial score (nSPS) is 44.3. The van der Waals surface area contributed by atoms with E-state index in [1.54, 1.807) is 14.0 Å². The van der Waals surface area contributed by atoms with Crippen molar-refractivity contribution >= 4 is 5.78 Å². The summed E-state index contributed by atoms with van der Waals surface area (Å²) in [6, 6.07) is 0. The summed E-state index contributed by atoms with van der Waals surface area (Å²) in [5.74, 6) is 1.19. The molecule has 3 heteroatoms. The largest absolute Gasteiger partial charge is 0.356 e. The van der Waals surface area contributed by atoms with Crippen LogP contribution in [0.25, 0.3) is 0 Å². The third-order valence-corrected chi connectivity index (χ3v) is 3.88. The molecule has 0 aromatic rings. The lowest BCUT2D eigenvalue weighted by Crippen LogP contribution is -2.35. The van der Waals surface area contributed by atoms with E-state index < -0.39 is 0 Å². The van der Waals surface area contributed by atoms with Crippen molar-refractivity contribution in [3.8, 4) is 0 Å². The van der Waals surface area contributed by atoms with E-state index >= 15 is 0 Å². The molecule has 1 aliphatic carbocycles. The highest BCUT2D eigenvalue weighted by atomic mass is 16.7. The van der Waals surface area contributed by atoms with Crippen LogP contribution >= 0.6 is 0 Å². The first-order valence-electron chi connectivity index (χ1n) is 5.17. The molecule has 3 nitrogen and oxygen atoms in total. The van der Waals surface area contributed by atoms with Crippen molar-refractivity contribution in [3.05, 3.63) is 0 Å². The van der Waals surface area contributed by atoms with Crippen LogP contribution in [0, 0.1) is 17.3 Å². The second-order valence-electron chi connectivity index (χ2n) is 5.03. The minimum absolute atomic E-state index is 0.119. The molecule has 0 spiro atoms. The standard InChI is InChI=1S/C11H18O3/c1-6(12)8-5-7-9(11(7,2)3)10(13-4)14-8/h7-10H,5H2,1-4H3/t7-,8?,9-,10?/m0/s1. The molecule has 0 aromatic carbocycles. The zero-order valence-corrected chi connectivity index (χ0v) is 9.24. The Balaban J connectivity index is 2.11. The van der Waals surface area contributed by atoms with Gasteiger partial charge in [0.2, 0.25) is 0 Å². The van der Waals surface area contributed by atoms with Gasteiger partial charge >= 0.3 is 0 Å². The Hall–Kier alpha value is -0.410. The van der Waals surface area contributed by atoms with Crippen molar-refractivity contribution in [2.24, 2.45) is 17.3 Å². The average molecular weight is 198 g/mol. The molecule has 0 amide bonds. The second-order valence-corrected chi connectivity index (χ2v) is 5.03. The zero-order valence-electron chi connectivity index (χ0n) is 9.24. The van der Waals surface area contributed by atoms with Crippen LogP contribution in [0.2, 0.25) is 0 Å². The maximum absolute atomic E-state index is 11.3. The third-order valence-electron chi connectivity index (χ3n) is 3.88. The molecule has 1 saturated carbocycles. The first-order chi connectivity index (χ1) is 6.48. The van der Waals surface area contributed by atoms with Crippen LogP contribution < -0.4 is 0 Å². The fourth-order valence-electron chi connectivity index (χ4n) is 2.77. The number of carbonyl (C=O) groups is 1. The molecular formula is C11H18O3. The first-order valence-corrected chi connectivity index (χ1v) is 5.17. The highest BCUT2D eigenvalue weighted by Crippen LogP contribution is 2.64. The molecule has 2 rings (SSSR count). The highest BCUT2D eigenvalue weighted by Gasteiger charge is 2.65. The zero-order chi connectivity index (χ0) is 10.5. The summed E-state index contributed by atoms with van der Waals surface area (Å²) in [4.78, 5) is 11.3. The van der Waals surface area contributed by atoms with Gasteiger partial charge in [-0.1, -0.05) is 13.8 Å². The summed E-state index contributed by atoms with van der Waals surface area (Å²) >= 11 is 0. The minimum Gasteiger partial charge on any atom is -0.356 e. The monoisotopic (exact) mass is 198 g/mol. The molecule has 14 heavy (non-hydrogen) atoms. The molecule has 2 fully saturated rings. The van der Waals surface area contributed by atoms with E-state index in [1.165, 1.54) is 0 Å². The van der Waals surface area contributed by atoms with Crippen molar-refractivity contribution in [3.63, 3.8) is 0 Å². The topological polar surface area (TPSA) is 35.5 Å². The van der Waals surface area contributed by atoms with Gasteiger partial charge in [0.1, 0.15) is 6.10 Å². The van der Waals surface area contributed by atoms with Gasteiger partial charge in [0, 0.05) is 13.0 Å². The molecule has 1 aliphatic heterocycles. The van der Waals surface area contributed by atoms with Crippen LogP contribution in [0.15, 0.2) is 0 Å². The van der Waals surface area contributed by atoms with Gasteiger partial charge in [-0.3, -0.25) is 4.79 Å². The SMILES string of the molecule is COC1OC(C(C)=O)C[C@H]2[C@@H]1C2(C)C. The summed E-state index contributed by atoms with van der Waals surface area (Å²) in [7, 11) is 1.65. The Morgan fingerprint density at radius 1 is 1.50 bits per heavy atom. The lowest BCUT2D eigenvalue weighted by molar-refractivity contribution is -0.191. The number of hydrogen-bond acceptors (Lipinski definition) is 3. The van der Waals surface area contributed by atoms with Crippen molar-refractivity contribution in [2.75, 3.05) is 7.11 Å². The number of Topliss-reactive ketones (excluding diaryl/α,β-unsaturated/α-hetero) is 1. The lowest BCUT2D eigenvalue weighted by atomic mass is 10.0. The van der Waals surface area contributed by atoms with Crippen LogP contribution in [0.3, 0.4) is 0 Å². The van der Waals surface area contributed by atoms with Crippen molar-refractivity contribution < 1.29 is 14.3 Å². The van der Waals surface area contributed by atoms with Gasteiger partial charge in [-0.25, -0.2) is 0 Å². The van der Waals surface area contributed by atoms with Crippen LogP contribution in [0.1, 0.15) is 27.2 Å². The molecule has 0 aromatic heterocycles. The quantitative estimate of drug-likeness (QED) is 0.676. The van der Waals surface area contributed by atoms with Gasteiger partial charge in [0.25, 0.3) is 0 Å². The summed E-state index contributed by atoms with van der Waals surface area (Å²) < 4.78 is 10.9. The van der Waals surface area contributed by atoms with Crippen LogP contribution in [0.5, 0.6) is 0 Å². The Bertz CT molecular complexity index is 259. The molecular weight excluding hydrogens is 180 g/mol. The Morgan fingerprint density at radius 2 is 2.14 bits per heavy atom. The smallest absolute Gasteiger partial charge is 0.161 e. The van der Waals surface area contributed by atoms with E-state index in [9.17, 15) is 4.79 Å². The van der Waals surface area contributed by atoms with Crippen LogP contribution in [-0.4, -0.2) is 25.3 Å². The predicted octanol–water partition coefficient (Wildman–Crippen LogP) is 1.61. The van der Waals surface area contributed by atoms with E-state index in [0.29, 0.717) is 11.8 Å². The van der Waals surface area contributed by atoms with Crippen LogP contribution in [-0.2, 0) is 14.3 Å². The minimum atomic E-state index is -0.247. The Kier molecular flexibility index (Phi) is 2.20. The van der Waals surface area contributed by atoms with E-state index in [2.05, 4.69) is 13.8 Å². The summed E-state index contributed by atoms with van der Waals surface area (Å²) in [6.07, 6.45) is 0.438. The van der Waals surface area contributed by atoms with Crippen molar-refractivity contribution in [2.45, 2.75) is 39.6 Å². The number of rotatable bonds is 2. The van der Waals surface area contributed by atoms with Gasteiger partial charge in [0.15, 0.2) is 12.1 Å². The number of hydrogen-bond donors (Lipinski definition) is 0. The maximum atomic E-state index is 11.3. The summed E-state index contributed by atoms with van der Waals surface area (Å²) in [5, 5.41) is 0. The summed E-state index contributed by atoms with van der Waals surface area (Å²) in [6.45, 7) is 6.04. The van der Waals surface area contributed by atoms with Crippen molar-refractivity contribution in [1.82, 2.24) is 0 Å². The fourth-order valence-corrected chi connectivity index (χ4v) is 2.77. The number of methoxy groups -OCH3 is 1. The number of ether oxygens (including phenoxy) is 2. The fraction of sp³-hybridized carbons (Fsp3) is 0.909. The molecule has 0 radical (unpaired) electrons. The Labute approximate surface area is 84.8 Å². The van der Waals surface area contributed by atoms with E-state index in [0.717, 1.165) is 6.42 Å². The molecule has 0 bridgehead atoms. The molecule has 2 unspecified atom stereocenters. The predicted molar refractivity (Wildman–Crippen MR) is 51.7 cm³/mol. The van der Waals surface area contributed by atoms with Crippen LogP contribution in [0.4, 0.5) is 0 Å². The van der Waals surface area contributed by atoms with Gasteiger partial charge in [-0.15, -0.1) is 0 Å². The lowest BCUT2D eigenvalue weighted by Gasteiger charge is -2.26. The molecule has 1 heterocycles. The third kappa shape index (κ3) is 1.30. The van der Waals surface area contributed by atoms with Gasteiger partial charge in [-0.05, 0) is 24.7 Å². The van der Waals surface area contributed by atoms with Gasteiger partial charge < -0.3 is 9.47 Å². The molecule has 4 atom stereocenters. The van der Waals surface area contributed by atoms with Gasteiger partial charge in [0.05, 0.1) is 0 Å². The maximum Gasteiger partial charge on any atom is 0.161 e. The van der Waals surface area contributed by atoms with Gasteiger partial charge in [-0.2, -0.15) is 0 Å². The molecule has 80 valence electrons. The van der Waals surface area contributed by atoms with E-state index in [-0.39, 0.29) is 23.6 Å². The highest BCUT2D eigenvalue weighted by molar-refractivity contribution is 5.80. The van der Waals surface area contributed by atoms with Crippen molar-refractivity contribution in [1.29, 1.82) is 0 Å². The molecule has 2 aliphatic rings. The Morgan fingerprint density at radius 3 is 2.64 bits per heavy atom. The van der Waals surface area contributed by atoms with E-state index in [4.69, 9.17) is 9.47 Å². The number of fused-ring (bicyclic) bond motifs is 1. The molecule has 0 N–H and O–H groups in total. The number of carbonyl (C=O) groups excluding carboxylic acids is 1. The number of ketones is 1. The van der Waals surface area contributed by atoms with E-state index in [1.807, 2.05) is 0 Å². The molecule has 1 saturated heterocycles. The first kappa shape index (κ1) is 10.1.